The zero-order valence-electron chi connectivity index (χ0n) is 15.1. The summed E-state index contributed by atoms with van der Waals surface area (Å²) in [5.41, 5.74) is 1.18. The summed E-state index contributed by atoms with van der Waals surface area (Å²) >= 11 is 0. The van der Waals surface area contributed by atoms with Gasteiger partial charge in [-0.15, -0.1) is 0 Å². The highest BCUT2D eigenvalue weighted by Gasteiger charge is 2.08. The summed E-state index contributed by atoms with van der Waals surface area (Å²) in [6.45, 7) is 3.41. The zero-order chi connectivity index (χ0) is 19.6. The molecule has 1 aromatic carbocycles. The number of amides is 1. The second kappa shape index (κ2) is 9.97. The predicted octanol–water partition coefficient (Wildman–Crippen LogP) is 2.29. The van der Waals surface area contributed by atoms with Gasteiger partial charge in [0, 0.05) is 24.9 Å². The van der Waals surface area contributed by atoms with Crippen LogP contribution in [0.15, 0.2) is 24.3 Å². The largest absolute Gasteiger partial charge is 0.494 e. The monoisotopic (exact) mass is 370 g/mol. The van der Waals surface area contributed by atoms with E-state index >= 15 is 0 Å². The predicted molar refractivity (Wildman–Crippen MR) is 101 cm³/mol. The third kappa shape index (κ3) is 6.15. The number of carbonyl (C=O) groups is 2. The van der Waals surface area contributed by atoms with Gasteiger partial charge in [-0.05, 0) is 37.6 Å². The van der Waals surface area contributed by atoms with Crippen LogP contribution in [0.5, 0.6) is 5.75 Å². The molecule has 0 atom stereocenters. The fourth-order valence-corrected chi connectivity index (χ4v) is 2.46. The number of fused-ring (bicyclic) bond motifs is 1. The second-order valence-electron chi connectivity index (χ2n) is 5.81. The summed E-state index contributed by atoms with van der Waals surface area (Å²) in [6, 6.07) is 9.43. The van der Waals surface area contributed by atoms with Crippen LogP contribution in [0, 0.1) is 11.3 Å². The summed E-state index contributed by atoms with van der Waals surface area (Å²) < 4.78 is 5.47. The van der Waals surface area contributed by atoms with Gasteiger partial charge >= 0.3 is 5.97 Å². The summed E-state index contributed by atoms with van der Waals surface area (Å²) in [4.78, 5) is 26.3. The molecule has 142 valence electrons. The lowest BCUT2D eigenvalue weighted by molar-refractivity contribution is -0.138. The van der Waals surface area contributed by atoms with Crippen LogP contribution >= 0.6 is 0 Å². The molecule has 8 heteroatoms. The smallest absolute Gasteiger partial charge is 0.303 e. The molecule has 0 aliphatic heterocycles. The van der Waals surface area contributed by atoms with Crippen molar-refractivity contribution in [3.8, 4) is 11.8 Å². The molecule has 0 fully saturated rings. The van der Waals surface area contributed by atoms with E-state index in [-0.39, 0.29) is 18.7 Å². The molecule has 0 saturated carbocycles. The Balaban J connectivity index is 1.90. The van der Waals surface area contributed by atoms with E-state index in [2.05, 4.69) is 21.7 Å². The van der Waals surface area contributed by atoms with Gasteiger partial charge in [0.25, 0.3) is 0 Å². The number of carbonyl (C=O) groups excluding carboxylic acids is 1. The van der Waals surface area contributed by atoms with Crippen molar-refractivity contribution >= 4 is 28.6 Å². The Hall–Kier alpha value is -3.34. The Bertz CT molecular complexity index is 861. The Morgan fingerprint density at radius 1 is 1.26 bits per heavy atom. The van der Waals surface area contributed by atoms with Crippen LogP contribution in [0.3, 0.4) is 0 Å². The van der Waals surface area contributed by atoms with Gasteiger partial charge in [-0.25, -0.2) is 4.98 Å². The highest BCUT2D eigenvalue weighted by atomic mass is 16.5. The number of nitriles is 1. The second-order valence-corrected chi connectivity index (χ2v) is 5.81. The Labute approximate surface area is 157 Å². The van der Waals surface area contributed by atoms with Gasteiger partial charge in [0.1, 0.15) is 17.6 Å². The molecule has 3 N–H and O–H groups in total. The highest BCUT2D eigenvalue weighted by molar-refractivity contribution is 5.84. The number of carboxylic acid groups (broad SMARTS) is 1. The van der Waals surface area contributed by atoms with Crippen molar-refractivity contribution in [1.82, 2.24) is 10.3 Å². The number of ether oxygens (including phenoxy) is 1. The molecule has 8 nitrogen and oxygen atoms in total. The van der Waals surface area contributed by atoms with Gasteiger partial charge in [-0.3, -0.25) is 9.59 Å². The van der Waals surface area contributed by atoms with Crippen molar-refractivity contribution in [1.29, 1.82) is 5.26 Å². The molecule has 2 aromatic rings. The lowest BCUT2D eigenvalue weighted by Gasteiger charge is -2.10. The van der Waals surface area contributed by atoms with Crippen LogP contribution in [0.25, 0.3) is 10.9 Å². The summed E-state index contributed by atoms with van der Waals surface area (Å²) in [5, 5.41) is 24.5. The van der Waals surface area contributed by atoms with Crippen molar-refractivity contribution in [3.05, 3.63) is 29.8 Å². The van der Waals surface area contributed by atoms with Crippen LogP contribution in [0.4, 0.5) is 5.82 Å². The Morgan fingerprint density at radius 3 is 2.78 bits per heavy atom. The van der Waals surface area contributed by atoms with E-state index in [9.17, 15) is 14.9 Å². The van der Waals surface area contributed by atoms with Crippen molar-refractivity contribution in [2.24, 2.45) is 0 Å². The quantitative estimate of drug-likeness (QED) is 0.548. The molecule has 2 rings (SSSR count). The lowest BCUT2D eigenvalue weighted by Crippen LogP contribution is -2.26. The minimum absolute atomic E-state index is 0.0305. The number of hydrogen-bond acceptors (Lipinski definition) is 6. The first-order valence-corrected chi connectivity index (χ1v) is 8.73. The van der Waals surface area contributed by atoms with E-state index in [0.29, 0.717) is 37.5 Å². The van der Waals surface area contributed by atoms with Gasteiger partial charge in [0.2, 0.25) is 5.91 Å². The number of anilines is 1. The first-order valence-electron chi connectivity index (χ1n) is 8.73. The molecule has 0 unspecified atom stereocenters. The van der Waals surface area contributed by atoms with E-state index in [1.165, 1.54) is 0 Å². The molecule has 1 aromatic heterocycles. The first kappa shape index (κ1) is 20.0. The molecule has 1 amide bonds. The SMILES string of the molecule is CCOc1ccc2nc(NCCCNC(=O)CCC(=O)O)c(C#N)cc2c1. The van der Waals surface area contributed by atoms with E-state index in [0.717, 1.165) is 16.7 Å². The number of carboxylic acids is 1. The number of pyridine rings is 1. The molecular weight excluding hydrogens is 348 g/mol. The summed E-state index contributed by atoms with van der Waals surface area (Å²) in [7, 11) is 0. The summed E-state index contributed by atoms with van der Waals surface area (Å²) in [6.07, 6.45) is 0.408. The fourth-order valence-electron chi connectivity index (χ4n) is 2.46. The average molecular weight is 370 g/mol. The molecule has 0 aliphatic rings. The molecule has 0 bridgehead atoms. The Kier molecular flexibility index (Phi) is 7.37. The van der Waals surface area contributed by atoms with Crippen LogP contribution in [0.2, 0.25) is 0 Å². The Morgan fingerprint density at radius 2 is 2.07 bits per heavy atom. The zero-order valence-corrected chi connectivity index (χ0v) is 15.1. The molecule has 27 heavy (non-hydrogen) atoms. The van der Waals surface area contributed by atoms with Crippen molar-refractivity contribution in [2.75, 3.05) is 25.0 Å². The normalized spacial score (nSPS) is 10.2. The van der Waals surface area contributed by atoms with Gasteiger partial charge in [-0.2, -0.15) is 5.26 Å². The number of aliphatic carboxylic acids is 1. The van der Waals surface area contributed by atoms with E-state index < -0.39 is 5.97 Å². The lowest BCUT2D eigenvalue weighted by atomic mass is 10.1. The van der Waals surface area contributed by atoms with Crippen LogP contribution in [0.1, 0.15) is 31.7 Å². The average Bonchev–Trinajstić information content (AvgIpc) is 2.65. The minimum Gasteiger partial charge on any atom is -0.494 e. The van der Waals surface area contributed by atoms with Gasteiger partial charge < -0.3 is 20.5 Å². The maximum Gasteiger partial charge on any atom is 0.303 e. The number of nitrogens with zero attached hydrogens (tertiary/aromatic N) is 2. The van der Waals surface area contributed by atoms with Crippen molar-refractivity contribution < 1.29 is 19.4 Å². The maximum atomic E-state index is 11.4. The van der Waals surface area contributed by atoms with Crippen LogP contribution in [-0.4, -0.2) is 41.7 Å². The van der Waals surface area contributed by atoms with E-state index in [1.807, 2.05) is 25.1 Å². The number of aromatic nitrogens is 1. The van der Waals surface area contributed by atoms with E-state index in [4.69, 9.17) is 9.84 Å². The standard InChI is InChI=1S/C19H22N4O4/c1-2-27-15-4-5-16-13(11-15)10-14(12-20)19(23-16)22-9-3-8-21-17(24)6-7-18(25)26/h4-5,10-11H,2-3,6-9H2,1H3,(H,21,24)(H,22,23)(H,25,26). The fraction of sp³-hybridized carbons (Fsp3) is 0.368. The third-order valence-electron chi connectivity index (χ3n) is 3.75. The number of rotatable bonds is 10. The number of hydrogen-bond donors (Lipinski definition) is 3. The molecule has 1 heterocycles. The minimum atomic E-state index is -0.994. The topological polar surface area (TPSA) is 124 Å². The summed E-state index contributed by atoms with van der Waals surface area (Å²) in [5.74, 6) is -0.0583. The molecule has 0 saturated heterocycles. The first-order chi connectivity index (χ1) is 13.0. The van der Waals surface area contributed by atoms with Crippen molar-refractivity contribution in [3.63, 3.8) is 0 Å². The number of nitrogens with one attached hydrogen (secondary N) is 2. The van der Waals surface area contributed by atoms with Gasteiger partial charge in [0.15, 0.2) is 0 Å². The molecule has 0 spiro atoms. The van der Waals surface area contributed by atoms with E-state index in [1.54, 1.807) is 6.07 Å². The third-order valence-corrected chi connectivity index (χ3v) is 3.75. The van der Waals surface area contributed by atoms with Crippen LogP contribution < -0.4 is 15.4 Å². The molecule has 0 radical (unpaired) electrons. The molecule has 0 aliphatic carbocycles. The molecular formula is C19H22N4O4. The van der Waals surface area contributed by atoms with Gasteiger partial charge in [0.05, 0.1) is 24.1 Å². The highest BCUT2D eigenvalue weighted by Crippen LogP contribution is 2.24. The van der Waals surface area contributed by atoms with Crippen molar-refractivity contribution in [2.45, 2.75) is 26.2 Å². The van der Waals surface area contributed by atoms with Crippen LogP contribution in [-0.2, 0) is 9.59 Å². The maximum absolute atomic E-state index is 11.4. The number of benzene rings is 1. The van der Waals surface area contributed by atoms with Gasteiger partial charge in [-0.1, -0.05) is 0 Å².